The molecule has 0 amide bonds. The van der Waals surface area contributed by atoms with Crippen molar-refractivity contribution >= 4 is 5.82 Å². The lowest BCUT2D eigenvalue weighted by Crippen LogP contribution is -2.25. The molecule has 1 atom stereocenters. The molecule has 0 bridgehead atoms. The molecule has 0 aliphatic carbocycles. The number of aromatic nitrogens is 3. The van der Waals surface area contributed by atoms with E-state index in [4.69, 9.17) is 14.7 Å². The van der Waals surface area contributed by atoms with E-state index in [1.165, 1.54) is 11.3 Å². The largest absolute Gasteiger partial charge is 0.384 e. The monoisotopic (exact) mass is 339 g/mol. The van der Waals surface area contributed by atoms with Crippen molar-refractivity contribution in [3.63, 3.8) is 0 Å². The summed E-state index contributed by atoms with van der Waals surface area (Å²) in [5.74, 6) is 2.43. The van der Waals surface area contributed by atoms with Gasteiger partial charge in [0.1, 0.15) is 11.5 Å². The minimum atomic E-state index is 0.581. The van der Waals surface area contributed by atoms with Crippen LogP contribution in [-0.2, 0) is 17.6 Å². The molecule has 25 heavy (non-hydrogen) atoms. The molecule has 0 saturated carbocycles. The molecule has 2 aromatic rings. The number of methoxy groups -OCH3 is 1. The van der Waals surface area contributed by atoms with Crippen molar-refractivity contribution in [3.05, 3.63) is 35.7 Å². The Hall–Kier alpha value is -2.05. The summed E-state index contributed by atoms with van der Waals surface area (Å²) in [6.45, 7) is 4.82. The van der Waals surface area contributed by atoms with Crippen LogP contribution in [0.4, 0.5) is 5.82 Å². The number of nitrogens with zero attached hydrogens (tertiary/aromatic N) is 4. The summed E-state index contributed by atoms with van der Waals surface area (Å²) >= 11 is 0. The second-order valence-corrected chi connectivity index (χ2v) is 6.82. The number of hydrogen-bond donors (Lipinski definition) is 1. The van der Waals surface area contributed by atoms with Crippen LogP contribution in [-0.4, -0.2) is 54.8 Å². The molecule has 4 rings (SSSR count). The van der Waals surface area contributed by atoms with Crippen molar-refractivity contribution in [2.24, 2.45) is 5.92 Å². The van der Waals surface area contributed by atoms with Gasteiger partial charge in [-0.25, -0.2) is 9.97 Å². The Morgan fingerprint density at radius 2 is 2.16 bits per heavy atom. The van der Waals surface area contributed by atoms with Crippen molar-refractivity contribution in [2.75, 3.05) is 44.8 Å². The highest BCUT2D eigenvalue weighted by Crippen LogP contribution is 2.30. The third-order valence-electron chi connectivity index (χ3n) is 5.04. The quantitative estimate of drug-likeness (QED) is 0.915. The van der Waals surface area contributed by atoms with Crippen molar-refractivity contribution in [2.45, 2.75) is 19.3 Å². The molecule has 2 aliphatic rings. The van der Waals surface area contributed by atoms with Crippen molar-refractivity contribution < 1.29 is 4.74 Å². The summed E-state index contributed by atoms with van der Waals surface area (Å²) < 4.78 is 5.36. The van der Waals surface area contributed by atoms with Gasteiger partial charge in [-0.3, -0.25) is 4.98 Å². The van der Waals surface area contributed by atoms with Crippen molar-refractivity contribution in [1.29, 1.82) is 0 Å². The molecule has 0 radical (unpaired) electrons. The zero-order chi connectivity index (χ0) is 17.1. The third kappa shape index (κ3) is 3.50. The van der Waals surface area contributed by atoms with Gasteiger partial charge in [0.15, 0.2) is 5.82 Å². The van der Waals surface area contributed by atoms with Gasteiger partial charge in [0.2, 0.25) is 0 Å². The average molecular weight is 339 g/mol. The first-order valence-corrected chi connectivity index (χ1v) is 9.11. The Labute approximate surface area is 148 Å². The number of ether oxygens (including phenoxy) is 1. The summed E-state index contributed by atoms with van der Waals surface area (Å²) in [6, 6.07) is 5.90. The SMILES string of the molecule is COCC1CCN(c2nc(-c3ccccn3)nc3c2CCNCC3)C1. The normalized spacial score (nSPS) is 20.4. The number of fused-ring (bicyclic) bond motifs is 1. The van der Waals surface area contributed by atoms with Crippen LogP contribution < -0.4 is 10.2 Å². The highest BCUT2D eigenvalue weighted by molar-refractivity contribution is 5.58. The number of pyridine rings is 1. The van der Waals surface area contributed by atoms with Crippen LogP contribution in [0, 0.1) is 5.92 Å². The first kappa shape index (κ1) is 16.4. The molecule has 1 saturated heterocycles. The molecule has 1 fully saturated rings. The third-order valence-corrected chi connectivity index (χ3v) is 5.04. The van der Waals surface area contributed by atoms with Gasteiger partial charge in [-0.2, -0.15) is 0 Å². The van der Waals surface area contributed by atoms with Crippen LogP contribution in [0.1, 0.15) is 17.7 Å². The van der Waals surface area contributed by atoms with Gasteiger partial charge in [0.05, 0.1) is 12.3 Å². The minimum absolute atomic E-state index is 0.581. The molecule has 6 nitrogen and oxygen atoms in total. The smallest absolute Gasteiger partial charge is 0.180 e. The molecule has 6 heteroatoms. The first-order valence-electron chi connectivity index (χ1n) is 9.11. The Morgan fingerprint density at radius 3 is 3.00 bits per heavy atom. The fourth-order valence-corrected chi connectivity index (χ4v) is 3.79. The minimum Gasteiger partial charge on any atom is -0.384 e. The van der Waals surface area contributed by atoms with Gasteiger partial charge < -0.3 is 15.0 Å². The number of hydrogen-bond acceptors (Lipinski definition) is 6. The van der Waals surface area contributed by atoms with Crippen molar-refractivity contribution in [1.82, 2.24) is 20.3 Å². The molecule has 2 aliphatic heterocycles. The topological polar surface area (TPSA) is 63.2 Å². The Morgan fingerprint density at radius 1 is 1.24 bits per heavy atom. The van der Waals surface area contributed by atoms with E-state index in [1.807, 2.05) is 18.2 Å². The van der Waals surface area contributed by atoms with E-state index in [2.05, 4.69) is 15.2 Å². The summed E-state index contributed by atoms with van der Waals surface area (Å²) in [4.78, 5) is 16.7. The summed E-state index contributed by atoms with van der Waals surface area (Å²) in [5.41, 5.74) is 3.32. The summed E-state index contributed by atoms with van der Waals surface area (Å²) in [7, 11) is 1.78. The number of rotatable bonds is 4. The molecule has 0 spiro atoms. The van der Waals surface area contributed by atoms with E-state index in [0.717, 1.165) is 69.4 Å². The van der Waals surface area contributed by atoms with E-state index in [1.54, 1.807) is 13.3 Å². The lowest BCUT2D eigenvalue weighted by atomic mass is 10.1. The summed E-state index contributed by atoms with van der Waals surface area (Å²) in [6.07, 6.45) is 4.89. The van der Waals surface area contributed by atoms with Gasteiger partial charge in [-0.1, -0.05) is 6.07 Å². The zero-order valence-electron chi connectivity index (χ0n) is 14.7. The predicted octanol–water partition coefficient (Wildman–Crippen LogP) is 1.70. The second kappa shape index (κ2) is 7.45. The van der Waals surface area contributed by atoms with Crippen LogP contribution in [0.5, 0.6) is 0 Å². The maximum Gasteiger partial charge on any atom is 0.180 e. The average Bonchev–Trinajstić information content (AvgIpc) is 2.98. The van der Waals surface area contributed by atoms with Gasteiger partial charge >= 0.3 is 0 Å². The standard InChI is InChI=1S/C19H25N5O/c1-25-13-14-7-11-24(12-14)19-15-5-9-20-10-6-16(15)22-18(23-19)17-4-2-3-8-21-17/h2-4,8,14,20H,5-7,9-13H2,1H3. The van der Waals surface area contributed by atoms with Gasteiger partial charge in [-0.15, -0.1) is 0 Å². The van der Waals surface area contributed by atoms with Crippen LogP contribution in [0.3, 0.4) is 0 Å². The Balaban J connectivity index is 1.73. The molecule has 4 heterocycles. The Bertz CT molecular complexity index is 721. The maximum absolute atomic E-state index is 5.36. The molecule has 0 aromatic carbocycles. The van der Waals surface area contributed by atoms with Crippen LogP contribution in [0.25, 0.3) is 11.5 Å². The van der Waals surface area contributed by atoms with Crippen LogP contribution >= 0.6 is 0 Å². The molecule has 1 unspecified atom stereocenters. The van der Waals surface area contributed by atoms with Crippen LogP contribution in [0.2, 0.25) is 0 Å². The lowest BCUT2D eigenvalue weighted by Gasteiger charge is -2.22. The summed E-state index contributed by atoms with van der Waals surface area (Å²) in [5, 5.41) is 3.48. The molecule has 132 valence electrons. The second-order valence-electron chi connectivity index (χ2n) is 6.82. The number of anilines is 1. The predicted molar refractivity (Wildman–Crippen MR) is 97.7 cm³/mol. The van der Waals surface area contributed by atoms with E-state index < -0.39 is 0 Å². The molecular weight excluding hydrogens is 314 g/mol. The van der Waals surface area contributed by atoms with Gasteiger partial charge in [0.25, 0.3) is 0 Å². The highest BCUT2D eigenvalue weighted by atomic mass is 16.5. The highest BCUT2D eigenvalue weighted by Gasteiger charge is 2.28. The van der Waals surface area contributed by atoms with Gasteiger partial charge in [-0.05, 0) is 31.5 Å². The van der Waals surface area contributed by atoms with Gasteiger partial charge in [0, 0.05) is 50.8 Å². The maximum atomic E-state index is 5.36. The zero-order valence-corrected chi connectivity index (χ0v) is 14.7. The van der Waals surface area contributed by atoms with E-state index in [0.29, 0.717) is 5.92 Å². The fourth-order valence-electron chi connectivity index (χ4n) is 3.79. The number of nitrogens with one attached hydrogen (secondary N) is 1. The van der Waals surface area contributed by atoms with E-state index in [-0.39, 0.29) is 0 Å². The van der Waals surface area contributed by atoms with Crippen LogP contribution in [0.15, 0.2) is 24.4 Å². The molecule has 2 aromatic heterocycles. The van der Waals surface area contributed by atoms with E-state index >= 15 is 0 Å². The Kier molecular flexibility index (Phi) is 4.90. The van der Waals surface area contributed by atoms with E-state index in [9.17, 15) is 0 Å². The molecule has 1 N–H and O–H groups in total. The molecular formula is C19H25N5O. The first-order chi connectivity index (χ1) is 12.3. The van der Waals surface area contributed by atoms with Crippen molar-refractivity contribution in [3.8, 4) is 11.5 Å². The lowest BCUT2D eigenvalue weighted by molar-refractivity contribution is 0.161. The fraction of sp³-hybridized carbons (Fsp3) is 0.526.